The molecule has 0 saturated heterocycles. The van der Waals surface area contributed by atoms with Gasteiger partial charge in [-0.05, 0) is 51.4 Å². The second kappa shape index (κ2) is 6.50. The summed E-state index contributed by atoms with van der Waals surface area (Å²) >= 11 is 0. The lowest BCUT2D eigenvalue weighted by molar-refractivity contribution is -0.129. The molecular weight excluding hydrogens is 304 g/mol. The third-order valence-electron chi connectivity index (χ3n) is 5.12. The Hall–Kier alpha value is -1.21. The van der Waals surface area contributed by atoms with E-state index in [-0.39, 0.29) is 30.3 Å². The summed E-state index contributed by atoms with van der Waals surface area (Å²) in [6.45, 7) is 3.79. The van der Waals surface area contributed by atoms with Gasteiger partial charge in [0.15, 0.2) is 5.82 Å². The minimum absolute atomic E-state index is 0. The summed E-state index contributed by atoms with van der Waals surface area (Å²) in [4.78, 5) is 12.6. The van der Waals surface area contributed by atoms with E-state index in [1.54, 1.807) is 0 Å². The maximum atomic E-state index is 12.6. The number of aromatic amines is 1. The molecule has 2 aliphatic rings. The smallest absolute Gasteiger partial charge is 0.223 e. The second-order valence-corrected chi connectivity index (χ2v) is 7.05. The minimum atomic E-state index is -0.612. The van der Waals surface area contributed by atoms with Crippen molar-refractivity contribution < 1.29 is 4.79 Å². The van der Waals surface area contributed by atoms with E-state index in [0.717, 1.165) is 25.7 Å². The number of hydrogen-bond acceptors (Lipinski definition) is 5. The molecule has 1 aromatic heterocycles. The first-order valence-electron chi connectivity index (χ1n) is 7.79. The molecule has 2 atom stereocenters. The van der Waals surface area contributed by atoms with Crippen LogP contribution in [0.25, 0.3) is 0 Å². The molecule has 1 heterocycles. The fourth-order valence-corrected chi connectivity index (χ4v) is 3.90. The number of amides is 1. The maximum Gasteiger partial charge on any atom is 0.223 e. The minimum Gasteiger partial charge on any atom is -0.344 e. The Bertz CT molecular complexity index is 491. The van der Waals surface area contributed by atoms with Crippen LogP contribution in [0.1, 0.15) is 51.8 Å². The van der Waals surface area contributed by atoms with Crippen LogP contribution in [-0.4, -0.2) is 32.6 Å². The van der Waals surface area contributed by atoms with Crippen molar-refractivity contribution in [2.24, 2.45) is 23.5 Å². The number of fused-ring (bicyclic) bond motifs is 2. The number of tetrazole rings is 1. The predicted octanol–water partition coefficient (Wildman–Crippen LogP) is 1.13. The van der Waals surface area contributed by atoms with Crippen LogP contribution in [0.3, 0.4) is 0 Å². The van der Waals surface area contributed by atoms with Crippen molar-refractivity contribution in [3.8, 4) is 0 Å². The molecule has 0 radical (unpaired) electrons. The van der Waals surface area contributed by atoms with Gasteiger partial charge >= 0.3 is 0 Å². The molecule has 0 aromatic carbocycles. The van der Waals surface area contributed by atoms with E-state index >= 15 is 0 Å². The number of nitrogens with two attached hydrogens (primary N) is 1. The van der Waals surface area contributed by atoms with Gasteiger partial charge < -0.3 is 11.1 Å². The van der Waals surface area contributed by atoms with Crippen molar-refractivity contribution in [2.45, 2.75) is 57.5 Å². The van der Waals surface area contributed by atoms with E-state index in [9.17, 15) is 4.79 Å². The highest BCUT2D eigenvalue weighted by Gasteiger charge is 2.41. The summed E-state index contributed by atoms with van der Waals surface area (Å²) in [5.74, 6) is 1.66. The van der Waals surface area contributed by atoms with Gasteiger partial charge in [0.2, 0.25) is 5.91 Å². The first-order valence-corrected chi connectivity index (χ1v) is 7.79. The summed E-state index contributed by atoms with van der Waals surface area (Å²) < 4.78 is 0. The van der Waals surface area contributed by atoms with Crippen molar-refractivity contribution >= 4 is 18.3 Å². The molecule has 1 amide bonds. The molecule has 8 heteroatoms. The Kier molecular flexibility index (Phi) is 5.07. The summed E-state index contributed by atoms with van der Waals surface area (Å²) in [5.41, 5.74) is 5.67. The van der Waals surface area contributed by atoms with Gasteiger partial charge in [0.1, 0.15) is 0 Å². The van der Waals surface area contributed by atoms with Crippen molar-refractivity contribution in [2.75, 3.05) is 0 Å². The lowest BCUT2D eigenvalue weighted by atomic mass is 9.65. The van der Waals surface area contributed by atoms with Crippen LogP contribution in [0.15, 0.2) is 0 Å². The van der Waals surface area contributed by atoms with Gasteiger partial charge in [0.25, 0.3) is 0 Å². The van der Waals surface area contributed by atoms with Crippen LogP contribution < -0.4 is 11.1 Å². The first kappa shape index (κ1) is 17.1. The van der Waals surface area contributed by atoms with Crippen LogP contribution in [0.5, 0.6) is 0 Å². The third-order valence-corrected chi connectivity index (χ3v) is 5.12. The number of hydrogen-bond donors (Lipinski definition) is 3. The molecule has 0 aliphatic heterocycles. The van der Waals surface area contributed by atoms with Crippen LogP contribution in [0.2, 0.25) is 0 Å². The fraction of sp³-hybridized carbons (Fsp3) is 0.857. The third kappa shape index (κ3) is 3.25. The predicted molar refractivity (Wildman–Crippen MR) is 84.1 cm³/mol. The van der Waals surface area contributed by atoms with Crippen LogP contribution in [-0.2, 0) is 10.3 Å². The Morgan fingerprint density at radius 1 is 1.32 bits per heavy atom. The molecular formula is C14H25ClN6O. The van der Waals surface area contributed by atoms with Gasteiger partial charge in [-0.3, -0.25) is 4.79 Å². The number of carbonyl (C=O) groups is 1. The number of halogens is 1. The lowest BCUT2D eigenvalue weighted by Gasteiger charge is -2.44. The summed E-state index contributed by atoms with van der Waals surface area (Å²) in [5, 5.41) is 17.0. The van der Waals surface area contributed by atoms with Crippen molar-refractivity contribution in [1.82, 2.24) is 25.9 Å². The van der Waals surface area contributed by atoms with Crippen molar-refractivity contribution in [3.05, 3.63) is 5.82 Å². The van der Waals surface area contributed by atoms with Gasteiger partial charge in [0, 0.05) is 12.0 Å². The zero-order valence-corrected chi connectivity index (χ0v) is 13.9. The van der Waals surface area contributed by atoms with E-state index in [2.05, 4.69) is 25.9 Å². The molecule has 124 valence electrons. The zero-order valence-electron chi connectivity index (χ0n) is 13.1. The number of carbonyl (C=O) groups excluding carboxylic acids is 1. The van der Waals surface area contributed by atoms with Crippen LogP contribution in [0.4, 0.5) is 0 Å². The maximum absolute atomic E-state index is 12.6. The highest BCUT2D eigenvalue weighted by Crippen LogP contribution is 2.42. The topological polar surface area (TPSA) is 110 Å². The highest BCUT2D eigenvalue weighted by molar-refractivity contribution is 5.85. The number of nitrogens with zero attached hydrogens (tertiary/aromatic N) is 3. The monoisotopic (exact) mass is 328 g/mol. The lowest BCUT2D eigenvalue weighted by Crippen LogP contribution is -2.51. The molecule has 7 nitrogen and oxygen atoms in total. The first-order chi connectivity index (χ1) is 9.97. The van der Waals surface area contributed by atoms with Crippen molar-refractivity contribution in [1.29, 1.82) is 0 Å². The van der Waals surface area contributed by atoms with Crippen molar-refractivity contribution in [3.63, 3.8) is 0 Å². The normalized spacial score (nSPS) is 31.2. The molecule has 1 aromatic rings. The molecule has 2 fully saturated rings. The Morgan fingerprint density at radius 2 is 1.95 bits per heavy atom. The molecule has 22 heavy (non-hydrogen) atoms. The Morgan fingerprint density at radius 3 is 2.50 bits per heavy atom. The van der Waals surface area contributed by atoms with E-state index < -0.39 is 5.54 Å². The molecule has 2 bridgehead atoms. The Balaban J connectivity index is 0.00000176. The summed E-state index contributed by atoms with van der Waals surface area (Å²) in [7, 11) is 0. The van der Waals surface area contributed by atoms with E-state index in [4.69, 9.17) is 5.73 Å². The largest absolute Gasteiger partial charge is 0.344 e. The van der Waals surface area contributed by atoms with Gasteiger partial charge in [-0.25, -0.2) is 0 Å². The van der Waals surface area contributed by atoms with Crippen LogP contribution >= 0.6 is 12.4 Å². The molecule has 2 aliphatic carbocycles. The Labute approximate surface area is 136 Å². The highest BCUT2D eigenvalue weighted by atomic mass is 35.5. The van der Waals surface area contributed by atoms with Gasteiger partial charge in [0.05, 0.1) is 5.54 Å². The fourth-order valence-electron chi connectivity index (χ4n) is 3.90. The van der Waals surface area contributed by atoms with E-state index in [1.807, 2.05) is 13.8 Å². The number of rotatable bonds is 3. The van der Waals surface area contributed by atoms with Gasteiger partial charge in [-0.2, -0.15) is 5.21 Å². The van der Waals surface area contributed by atoms with E-state index in [0.29, 0.717) is 17.7 Å². The summed E-state index contributed by atoms with van der Waals surface area (Å²) in [6.07, 6.45) is 5.40. The number of aromatic nitrogens is 4. The average Bonchev–Trinajstić information content (AvgIpc) is 2.92. The average molecular weight is 329 g/mol. The quantitative estimate of drug-likeness (QED) is 0.770. The molecule has 4 N–H and O–H groups in total. The zero-order chi connectivity index (χ0) is 15.0. The standard InChI is InChI=1S/C14H24N6O.ClH/c1-14(2,13-17-19-20-18-13)16-12(21)10-6-8-4-3-5-9(7-10)11(8)15;/h8-11H,3-7,15H2,1-2H3,(H,16,21)(H,17,18,19,20);1H. The summed E-state index contributed by atoms with van der Waals surface area (Å²) in [6, 6.07) is 0.285. The molecule has 3 rings (SSSR count). The SMILES string of the molecule is CC(C)(NC(=O)C1CC2CCCC(C1)C2N)c1nn[nH]n1.Cl. The van der Waals surface area contributed by atoms with Gasteiger partial charge in [-0.1, -0.05) is 11.6 Å². The second-order valence-electron chi connectivity index (χ2n) is 7.05. The molecule has 2 saturated carbocycles. The molecule has 2 unspecified atom stereocenters. The van der Waals surface area contributed by atoms with E-state index in [1.165, 1.54) is 6.42 Å². The molecule has 0 spiro atoms. The van der Waals surface area contributed by atoms with Crippen LogP contribution in [0, 0.1) is 17.8 Å². The number of nitrogens with one attached hydrogen (secondary N) is 2. The van der Waals surface area contributed by atoms with Gasteiger partial charge in [-0.15, -0.1) is 22.6 Å². The number of H-pyrrole nitrogens is 1.